The van der Waals surface area contributed by atoms with E-state index in [1.807, 2.05) is 0 Å². The van der Waals surface area contributed by atoms with Gasteiger partial charge in [-0.25, -0.2) is 0 Å². The Bertz CT molecular complexity index is 417. The van der Waals surface area contributed by atoms with E-state index in [2.05, 4.69) is 55.6 Å². The second kappa shape index (κ2) is 23.5. The number of hydrogen-bond donors (Lipinski definition) is 0. The van der Waals surface area contributed by atoms with Crippen LogP contribution in [-0.2, 0) is 10.4 Å². The lowest BCUT2D eigenvalue weighted by Gasteiger charge is -2.34. The predicted molar refractivity (Wildman–Crippen MR) is 141 cm³/mol. The molecule has 0 aromatic heterocycles. The Morgan fingerprint density at radius 2 is 0.576 bits per heavy atom. The SMILES string of the molecule is CCCC[N+](C)(CCCC)CCCC.CCCC[N+](C)(CCCC)CCCC.O=S(=O)([O-])[O-]. The summed E-state index contributed by atoms with van der Waals surface area (Å²) in [6.07, 6.45) is 16.4. The van der Waals surface area contributed by atoms with E-state index in [0.29, 0.717) is 0 Å². The molecule has 0 aliphatic carbocycles. The first-order chi connectivity index (χ1) is 15.4. The Morgan fingerprint density at radius 1 is 0.455 bits per heavy atom. The average Bonchev–Trinajstić information content (AvgIpc) is 2.75. The summed E-state index contributed by atoms with van der Waals surface area (Å²) in [6.45, 7) is 22.1. The summed E-state index contributed by atoms with van der Waals surface area (Å²) < 4.78 is 36.7. The van der Waals surface area contributed by atoms with Gasteiger partial charge in [0.25, 0.3) is 0 Å². The van der Waals surface area contributed by atoms with E-state index in [9.17, 15) is 0 Å². The van der Waals surface area contributed by atoms with Crippen molar-refractivity contribution in [2.75, 3.05) is 53.4 Å². The normalized spacial score (nSPS) is 11.9. The summed E-state index contributed by atoms with van der Waals surface area (Å²) in [5.41, 5.74) is 0. The van der Waals surface area contributed by atoms with Gasteiger partial charge in [0.2, 0.25) is 0 Å². The lowest BCUT2D eigenvalue weighted by Crippen LogP contribution is -2.46. The summed E-state index contributed by atoms with van der Waals surface area (Å²) in [6, 6.07) is 0. The maximum Gasteiger partial charge on any atom is 0.0784 e. The van der Waals surface area contributed by atoms with Crippen molar-refractivity contribution in [1.29, 1.82) is 0 Å². The fourth-order valence-electron chi connectivity index (χ4n) is 3.91. The summed E-state index contributed by atoms with van der Waals surface area (Å²) in [5.74, 6) is 0. The van der Waals surface area contributed by atoms with Gasteiger partial charge in [-0.05, 0) is 38.5 Å². The van der Waals surface area contributed by atoms with Gasteiger partial charge >= 0.3 is 0 Å². The first-order valence-electron chi connectivity index (χ1n) is 13.7. The number of unbranched alkanes of at least 4 members (excludes halogenated alkanes) is 6. The zero-order valence-corrected chi connectivity index (χ0v) is 24.5. The van der Waals surface area contributed by atoms with Crippen LogP contribution in [0.5, 0.6) is 0 Å². The van der Waals surface area contributed by atoms with E-state index < -0.39 is 10.4 Å². The predicted octanol–water partition coefficient (Wildman–Crippen LogP) is 6.33. The molecule has 0 atom stereocenters. The Morgan fingerprint density at radius 3 is 0.667 bits per heavy atom. The van der Waals surface area contributed by atoms with Gasteiger partial charge in [0.1, 0.15) is 0 Å². The van der Waals surface area contributed by atoms with Gasteiger partial charge in [-0.2, -0.15) is 0 Å². The summed E-state index contributed by atoms with van der Waals surface area (Å²) in [7, 11) is -0.276. The summed E-state index contributed by atoms with van der Waals surface area (Å²) in [4.78, 5) is 0. The molecule has 0 amide bonds. The highest BCUT2D eigenvalue weighted by molar-refractivity contribution is 7.79. The Labute approximate surface area is 208 Å². The van der Waals surface area contributed by atoms with Crippen molar-refractivity contribution < 1.29 is 26.5 Å². The smallest absolute Gasteiger partial charge is 0.0784 e. The second-order valence-electron chi connectivity index (χ2n) is 10.1. The van der Waals surface area contributed by atoms with Crippen molar-refractivity contribution in [2.45, 2.75) is 119 Å². The molecule has 0 heterocycles. The van der Waals surface area contributed by atoms with Gasteiger partial charge in [-0.15, -0.1) is 0 Å². The van der Waals surface area contributed by atoms with Crippen LogP contribution in [0.15, 0.2) is 0 Å². The van der Waals surface area contributed by atoms with Gasteiger partial charge < -0.3 is 18.1 Å². The van der Waals surface area contributed by atoms with Crippen molar-refractivity contribution in [3.8, 4) is 0 Å². The van der Waals surface area contributed by atoms with Crippen LogP contribution in [0.2, 0.25) is 0 Å². The molecule has 0 saturated carbocycles. The molecule has 0 aliphatic heterocycles. The molecular weight excluding hydrogens is 436 g/mol. The molecule has 0 bridgehead atoms. The third-order valence-electron chi connectivity index (χ3n) is 6.31. The minimum atomic E-state index is -5.17. The van der Waals surface area contributed by atoms with Crippen LogP contribution in [0.4, 0.5) is 0 Å². The molecule has 7 heteroatoms. The van der Waals surface area contributed by atoms with Crippen LogP contribution < -0.4 is 0 Å². The van der Waals surface area contributed by atoms with Crippen molar-refractivity contribution in [3.05, 3.63) is 0 Å². The standard InChI is InChI=1S/2C13H30N.H2O4S/c2*1-5-8-11-14(4,12-9-6-2)13-10-7-3;1-5(2,3)4/h2*5-13H2,1-4H3;(H2,1,2,3,4)/q2*+1;/p-2. The lowest BCUT2D eigenvalue weighted by molar-refractivity contribution is -0.910. The summed E-state index contributed by atoms with van der Waals surface area (Å²) >= 11 is 0. The third-order valence-corrected chi connectivity index (χ3v) is 6.31. The molecular formula is C26H60N2O4S. The largest absolute Gasteiger partial charge is 0.759 e. The molecule has 0 rings (SSSR count). The fraction of sp³-hybridized carbons (Fsp3) is 1.00. The Kier molecular flexibility index (Phi) is 26.6. The number of nitrogens with zero attached hydrogens (tertiary/aromatic N) is 2. The number of quaternary nitrogens is 2. The Balaban J connectivity index is -0.000000453. The highest BCUT2D eigenvalue weighted by Gasteiger charge is 2.19. The van der Waals surface area contributed by atoms with E-state index in [1.165, 1.54) is 125 Å². The highest BCUT2D eigenvalue weighted by atomic mass is 32.3. The maximum atomic E-state index is 8.52. The van der Waals surface area contributed by atoms with Crippen molar-refractivity contribution in [1.82, 2.24) is 0 Å². The second-order valence-corrected chi connectivity index (χ2v) is 10.9. The van der Waals surface area contributed by atoms with E-state index >= 15 is 0 Å². The minimum Gasteiger partial charge on any atom is -0.759 e. The van der Waals surface area contributed by atoms with Crippen molar-refractivity contribution in [3.63, 3.8) is 0 Å². The molecule has 204 valence electrons. The van der Waals surface area contributed by atoms with Gasteiger partial charge in [0.15, 0.2) is 0 Å². The average molecular weight is 497 g/mol. The molecule has 0 aromatic rings. The van der Waals surface area contributed by atoms with Gasteiger partial charge in [-0.3, -0.25) is 8.42 Å². The molecule has 0 aromatic carbocycles. The van der Waals surface area contributed by atoms with Crippen molar-refractivity contribution in [2.24, 2.45) is 0 Å². The number of rotatable bonds is 18. The van der Waals surface area contributed by atoms with E-state index in [1.54, 1.807) is 0 Å². The fourth-order valence-corrected chi connectivity index (χ4v) is 3.91. The maximum absolute atomic E-state index is 8.52. The molecule has 0 fully saturated rings. The lowest BCUT2D eigenvalue weighted by atomic mass is 10.2. The monoisotopic (exact) mass is 496 g/mol. The van der Waals surface area contributed by atoms with Crippen LogP contribution >= 0.6 is 0 Å². The van der Waals surface area contributed by atoms with E-state index in [4.69, 9.17) is 17.5 Å². The van der Waals surface area contributed by atoms with Gasteiger partial charge in [0.05, 0.1) is 53.4 Å². The molecule has 0 unspecified atom stereocenters. The van der Waals surface area contributed by atoms with E-state index in [0.717, 1.165) is 0 Å². The summed E-state index contributed by atoms with van der Waals surface area (Å²) in [5, 5.41) is 0. The molecule has 0 saturated heterocycles. The van der Waals surface area contributed by atoms with Crippen LogP contribution in [0.3, 0.4) is 0 Å². The third kappa shape index (κ3) is 31.8. The van der Waals surface area contributed by atoms with Crippen LogP contribution in [0.25, 0.3) is 0 Å². The van der Waals surface area contributed by atoms with Crippen LogP contribution in [0, 0.1) is 0 Å². The van der Waals surface area contributed by atoms with Crippen LogP contribution in [-0.4, -0.2) is 79.9 Å². The zero-order valence-electron chi connectivity index (χ0n) is 23.7. The Hall–Kier alpha value is -0.210. The van der Waals surface area contributed by atoms with E-state index in [-0.39, 0.29) is 0 Å². The number of hydrogen-bond acceptors (Lipinski definition) is 4. The first-order valence-corrected chi connectivity index (χ1v) is 15.0. The van der Waals surface area contributed by atoms with Gasteiger partial charge in [-0.1, -0.05) is 80.1 Å². The topological polar surface area (TPSA) is 80.3 Å². The zero-order chi connectivity index (χ0) is 26.2. The van der Waals surface area contributed by atoms with Crippen LogP contribution in [0.1, 0.15) is 119 Å². The van der Waals surface area contributed by atoms with Gasteiger partial charge in [0, 0.05) is 10.4 Å². The highest BCUT2D eigenvalue weighted by Crippen LogP contribution is 2.11. The quantitative estimate of drug-likeness (QED) is 0.126. The molecule has 0 aliphatic rings. The minimum absolute atomic E-state index is 1.32. The van der Waals surface area contributed by atoms with Crippen molar-refractivity contribution >= 4 is 10.4 Å². The first kappa shape index (κ1) is 37.3. The molecule has 6 nitrogen and oxygen atoms in total. The molecule has 0 radical (unpaired) electrons. The molecule has 33 heavy (non-hydrogen) atoms. The molecule has 0 N–H and O–H groups in total. The molecule has 0 spiro atoms.